The van der Waals surface area contributed by atoms with E-state index in [1.807, 2.05) is 13.0 Å². The number of hydrogen-bond acceptors (Lipinski definition) is 3. The monoisotopic (exact) mass is 163 g/mol. The summed E-state index contributed by atoms with van der Waals surface area (Å²) in [7, 11) is 0. The van der Waals surface area contributed by atoms with Crippen molar-refractivity contribution in [3.05, 3.63) is 28.2 Å². The largest absolute Gasteiger partial charge is 0.327 e. The highest BCUT2D eigenvalue weighted by molar-refractivity contribution is 5.47. The summed E-state index contributed by atoms with van der Waals surface area (Å²) in [6.07, 6.45) is 2.53. The quantitative estimate of drug-likeness (QED) is 0.675. The van der Waals surface area contributed by atoms with Crippen LogP contribution in [0, 0.1) is 0 Å². The van der Waals surface area contributed by atoms with Gasteiger partial charge in [-0.15, -0.1) is 5.11 Å². The summed E-state index contributed by atoms with van der Waals surface area (Å²) < 4.78 is 0. The molecule has 0 radical (unpaired) electrons. The highest BCUT2D eigenvalue weighted by atomic mass is 16.1. The first-order chi connectivity index (χ1) is 5.83. The molecule has 0 aliphatic carbocycles. The van der Waals surface area contributed by atoms with Gasteiger partial charge >= 0.3 is 0 Å². The van der Waals surface area contributed by atoms with Crippen LogP contribution in [-0.2, 0) is 0 Å². The van der Waals surface area contributed by atoms with Gasteiger partial charge in [-0.3, -0.25) is 4.79 Å². The van der Waals surface area contributed by atoms with Crippen LogP contribution in [0.3, 0.4) is 0 Å². The molecule has 1 aliphatic heterocycles. The number of pyridine rings is 1. The average Bonchev–Trinajstić information content (AvgIpc) is 2.49. The molecule has 0 saturated carbocycles. The fourth-order valence-corrected chi connectivity index (χ4v) is 1.35. The molecule has 1 atom stereocenters. The minimum Gasteiger partial charge on any atom is -0.327 e. The zero-order valence-electron chi connectivity index (χ0n) is 6.74. The van der Waals surface area contributed by atoms with Gasteiger partial charge < -0.3 is 4.98 Å². The third-order valence-corrected chi connectivity index (χ3v) is 2.01. The van der Waals surface area contributed by atoms with Crippen molar-refractivity contribution >= 4 is 5.69 Å². The van der Waals surface area contributed by atoms with Gasteiger partial charge in [-0.05, 0) is 12.5 Å². The van der Waals surface area contributed by atoms with Crippen molar-refractivity contribution < 1.29 is 0 Å². The number of azo groups is 1. The number of H-pyrrole nitrogens is 1. The van der Waals surface area contributed by atoms with Crippen molar-refractivity contribution in [2.45, 2.75) is 19.4 Å². The third kappa shape index (κ3) is 0.879. The lowest BCUT2D eigenvalue weighted by Crippen LogP contribution is -2.05. The lowest BCUT2D eigenvalue weighted by molar-refractivity contribution is 0.696. The smallest absolute Gasteiger partial charge is 0.276 e. The molecule has 2 rings (SSSR count). The fourth-order valence-electron chi connectivity index (χ4n) is 1.35. The maximum absolute atomic E-state index is 11.2. The van der Waals surface area contributed by atoms with Crippen LogP contribution in [0.1, 0.15) is 24.9 Å². The summed E-state index contributed by atoms with van der Waals surface area (Å²) in [5, 5.41) is 7.82. The summed E-state index contributed by atoms with van der Waals surface area (Å²) >= 11 is 0. The second-order valence-corrected chi connectivity index (χ2v) is 2.75. The Morgan fingerprint density at radius 3 is 3.25 bits per heavy atom. The van der Waals surface area contributed by atoms with E-state index in [0.29, 0.717) is 5.69 Å². The molecule has 1 aromatic rings. The van der Waals surface area contributed by atoms with E-state index in [4.69, 9.17) is 0 Å². The van der Waals surface area contributed by atoms with Crippen molar-refractivity contribution in [2.24, 2.45) is 10.2 Å². The Labute approximate surface area is 69.3 Å². The van der Waals surface area contributed by atoms with Crippen molar-refractivity contribution in [1.82, 2.24) is 4.98 Å². The zero-order chi connectivity index (χ0) is 8.55. The minimum atomic E-state index is -0.146. The van der Waals surface area contributed by atoms with Gasteiger partial charge in [-0.1, -0.05) is 6.92 Å². The number of aromatic nitrogens is 1. The van der Waals surface area contributed by atoms with E-state index in [0.717, 1.165) is 12.0 Å². The molecule has 1 N–H and O–H groups in total. The Bertz CT molecular complexity index is 380. The molecule has 1 aliphatic rings. The SMILES string of the molecule is CCC1N=Nc2c1cc[nH]c2=O. The first-order valence-electron chi connectivity index (χ1n) is 3.95. The Hall–Kier alpha value is -1.45. The van der Waals surface area contributed by atoms with Crippen LogP contribution in [0.25, 0.3) is 0 Å². The highest BCUT2D eigenvalue weighted by Crippen LogP contribution is 2.33. The number of hydrogen-bond donors (Lipinski definition) is 1. The van der Waals surface area contributed by atoms with Gasteiger partial charge in [-0.25, -0.2) is 0 Å². The van der Waals surface area contributed by atoms with Crippen LogP contribution in [-0.4, -0.2) is 4.98 Å². The molecule has 0 fully saturated rings. The molecular formula is C8H9N3O. The van der Waals surface area contributed by atoms with Crippen molar-refractivity contribution in [1.29, 1.82) is 0 Å². The van der Waals surface area contributed by atoms with Gasteiger partial charge in [0.1, 0.15) is 0 Å². The van der Waals surface area contributed by atoms with Gasteiger partial charge in [0.05, 0.1) is 6.04 Å². The van der Waals surface area contributed by atoms with E-state index < -0.39 is 0 Å². The van der Waals surface area contributed by atoms with Gasteiger partial charge in [0.2, 0.25) is 0 Å². The molecule has 0 bridgehead atoms. The number of aromatic amines is 1. The van der Waals surface area contributed by atoms with Gasteiger partial charge in [0.25, 0.3) is 5.56 Å². The predicted molar refractivity (Wildman–Crippen MR) is 44.6 cm³/mol. The molecule has 0 spiro atoms. The number of nitrogens with zero attached hydrogens (tertiary/aromatic N) is 2. The lowest BCUT2D eigenvalue weighted by atomic mass is 10.1. The number of nitrogens with one attached hydrogen (secondary N) is 1. The van der Waals surface area contributed by atoms with E-state index in [9.17, 15) is 4.79 Å². The van der Waals surface area contributed by atoms with E-state index in [1.165, 1.54) is 0 Å². The molecule has 12 heavy (non-hydrogen) atoms. The van der Waals surface area contributed by atoms with E-state index >= 15 is 0 Å². The van der Waals surface area contributed by atoms with E-state index in [1.54, 1.807) is 6.20 Å². The molecule has 1 unspecified atom stereocenters. The van der Waals surface area contributed by atoms with E-state index in [-0.39, 0.29) is 11.6 Å². The van der Waals surface area contributed by atoms with Crippen LogP contribution in [0.15, 0.2) is 27.3 Å². The Morgan fingerprint density at radius 1 is 1.67 bits per heavy atom. The van der Waals surface area contributed by atoms with Gasteiger partial charge in [0, 0.05) is 11.8 Å². The fraction of sp³-hybridized carbons (Fsp3) is 0.375. The Balaban J connectivity index is 2.60. The molecule has 0 amide bonds. The molecule has 1 aromatic heterocycles. The summed E-state index contributed by atoms with van der Waals surface area (Å²) in [6.45, 7) is 2.03. The van der Waals surface area contributed by atoms with Crippen molar-refractivity contribution in [2.75, 3.05) is 0 Å². The van der Waals surface area contributed by atoms with Crippen LogP contribution >= 0.6 is 0 Å². The maximum Gasteiger partial charge on any atom is 0.276 e. The lowest BCUT2D eigenvalue weighted by Gasteiger charge is -2.01. The van der Waals surface area contributed by atoms with Crippen molar-refractivity contribution in [3.8, 4) is 0 Å². The number of rotatable bonds is 1. The zero-order valence-corrected chi connectivity index (χ0v) is 6.74. The van der Waals surface area contributed by atoms with Gasteiger partial charge in [0.15, 0.2) is 5.69 Å². The van der Waals surface area contributed by atoms with E-state index in [2.05, 4.69) is 15.2 Å². The predicted octanol–water partition coefficient (Wildman–Crippen LogP) is 1.92. The highest BCUT2D eigenvalue weighted by Gasteiger charge is 2.20. The summed E-state index contributed by atoms with van der Waals surface area (Å²) in [5.41, 5.74) is 1.28. The maximum atomic E-state index is 11.2. The van der Waals surface area contributed by atoms with Crippen LogP contribution in [0.5, 0.6) is 0 Å². The van der Waals surface area contributed by atoms with Crippen LogP contribution in [0.2, 0.25) is 0 Å². The first kappa shape index (κ1) is 7.21. The molecular weight excluding hydrogens is 154 g/mol. The topological polar surface area (TPSA) is 57.6 Å². The van der Waals surface area contributed by atoms with Crippen molar-refractivity contribution in [3.63, 3.8) is 0 Å². The normalized spacial score (nSPS) is 19.6. The average molecular weight is 163 g/mol. The number of fused-ring (bicyclic) bond motifs is 1. The Morgan fingerprint density at radius 2 is 2.50 bits per heavy atom. The minimum absolute atomic E-state index is 0.0855. The summed E-state index contributed by atoms with van der Waals surface area (Å²) in [4.78, 5) is 13.7. The molecule has 0 saturated heterocycles. The molecule has 2 heterocycles. The van der Waals surface area contributed by atoms with Crippen LogP contribution < -0.4 is 5.56 Å². The molecule has 0 aromatic carbocycles. The summed E-state index contributed by atoms with van der Waals surface area (Å²) in [6, 6.07) is 1.95. The third-order valence-electron chi connectivity index (χ3n) is 2.01. The standard InChI is InChI=1S/C8H9N3O/c1-2-6-5-3-4-9-8(12)7(5)11-10-6/h3-4,6H,2H2,1H3,(H,9,12). The second-order valence-electron chi connectivity index (χ2n) is 2.75. The van der Waals surface area contributed by atoms with Gasteiger partial charge in [-0.2, -0.15) is 5.11 Å². The summed E-state index contributed by atoms with van der Waals surface area (Å²) in [5.74, 6) is 0. The molecule has 4 heteroatoms. The molecule has 4 nitrogen and oxygen atoms in total. The second kappa shape index (κ2) is 2.55. The first-order valence-corrected chi connectivity index (χ1v) is 3.95. The van der Waals surface area contributed by atoms with Crippen LogP contribution in [0.4, 0.5) is 5.69 Å². The Kier molecular flexibility index (Phi) is 1.53. The molecule has 62 valence electrons.